The fourth-order valence-corrected chi connectivity index (χ4v) is 5.56. The third kappa shape index (κ3) is 4.86. The van der Waals surface area contributed by atoms with Crippen LogP contribution in [-0.4, -0.2) is 61.0 Å². The van der Waals surface area contributed by atoms with Crippen molar-refractivity contribution >= 4 is 28.1 Å². The Labute approximate surface area is 175 Å². The number of likely N-dealkylation sites (tertiary alicyclic amines) is 1. The molecule has 0 bridgehead atoms. The number of aliphatic hydroxyl groups is 1. The van der Waals surface area contributed by atoms with Gasteiger partial charge in [0.1, 0.15) is 0 Å². The van der Waals surface area contributed by atoms with Crippen molar-refractivity contribution in [3.63, 3.8) is 0 Å². The highest BCUT2D eigenvalue weighted by atomic mass is 35.5. The van der Waals surface area contributed by atoms with Crippen LogP contribution < -0.4 is 4.90 Å². The minimum absolute atomic E-state index is 0.0966. The molecule has 28 heavy (non-hydrogen) atoms. The standard InChI is InChI=1S/C21H28ClN3O2S/c22-18-4-1-3-17(11-18)12-21(16-26)5-2-6-24(15-21)14-19-13-23-20(28-19)25-7-9-27-10-8-25/h1,3-4,11,13,26H,2,5-10,12,14-16H2/t21-/m1/s1. The Balaban J connectivity index is 1.40. The molecular formula is C21H28ClN3O2S. The maximum Gasteiger partial charge on any atom is 0.185 e. The maximum atomic E-state index is 10.2. The summed E-state index contributed by atoms with van der Waals surface area (Å²) in [6.07, 6.45) is 5.04. The molecule has 0 spiro atoms. The van der Waals surface area contributed by atoms with Crippen molar-refractivity contribution in [2.24, 2.45) is 5.41 Å². The monoisotopic (exact) mass is 421 g/mol. The van der Waals surface area contributed by atoms with E-state index in [-0.39, 0.29) is 12.0 Å². The Bertz CT molecular complexity index is 781. The third-order valence-electron chi connectivity index (χ3n) is 5.75. The molecule has 1 N–H and O–H groups in total. The summed E-state index contributed by atoms with van der Waals surface area (Å²) in [5.74, 6) is 0. The van der Waals surface area contributed by atoms with Crippen LogP contribution in [0.2, 0.25) is 5.02 Å². The molecule has 152 valence electrons. The number of thiazole rings is 1. The van der Waals surface area contributed by atoms with E-state index in [0.717, 1.165) is 75.4 Å². The van der Waals surface area contributed by atoms with E-state index in [1.807, 2.05) is 24.4 Å². The number of ether oxygens (including phenoxy) is 1. The lowest BCUT2D eigenvalue weighted by Crippen LogP contribution is -2.46. The Morgan fingerprint density at radius 1 is 1.25 bits per heavy atom. The molecule has 2 aliphatic rings. The topological polar surface area (TPSA) is 48.8 Å². The number of hydrogen-bond donors (Lipinski definition) is 1. The van der Waals surface area contributed by atoms with Gasteiger partial charge in [0.15, 0.2) is 5.13 Å². The van der Waals surface area contributed by atoms with Crippen molar-refractivity contribution in [3.05, 3.63) is 45.9 Å². The molecule has 0 aliphatic carbocycles. The smallest absolute Gasteiger partial charge is 0.185 e. The number of halogens is 1. The normalized spacial score (nSPS) is 23.9. The molecule has 3 heterocycles. The second kappa shape index (κ2) is 9.09. The third-order valence-corrected chi connectivity index (χ3v) is 7.02. The van der Waals surface area contributed by atoms with Gasteiger partial charge in [0, 0.05) is 47.7 Å². The number of nitrogens with zero attached hydrogens (tertiary/aromatic N) is 3. The predicted octanol–water partition coefficient (Wildman–Crippen LogP) is 3.45. The number of hydrogen-bond acceptors (Lipinski definition) is 6. The molecule has 2 fully saturated rings. The molecule has 0 unspecified atom stereocenters. The SMILES string of the molecule is OC[C@@]1(Cc2cccc(Cl)c2)CCCN(Cc2cnc(N3CCOCC3)s2)C1. The summed E-state index contributed by atoms with van der Waals surface area (Å²) in [7, 11) is 0. The first-order chi connectivity index (χ1) is 13.7. The number of morpholine rings is 1. The van der Waals surface area contributed by atoms with Gasteiger partial charge in [-0.1, -0.05) is 23.7 Å². The first kappa shape index (κ1) is 20.1. The van der Waals surface area contributed by atoms with Crippen LogP contribution in [0.4, 0.5) is 5.13 Å². The predicted molar refractivity (Wildman–Crippen MR) is 114 cm³/mol. The minimum Gasteiger partial charge on any atom is -0.396 e. The largest absolute Gasteiger partial charge is 0.396 e. The van der Waals surface area contributed by atoms with E-state index in [0.29, 0.717) is 0 Å². The number of benzene rings is 1. The lowest BCUT2D eigenvalue weighted by atomic mass is 9.75. The highest BCUT2D eigenvalue weighted by Crippen LogP contribution is 2.35. The fraction of sp³-hybridized carbons (Fsp3) is 0.571. The van der Waals surface area contributed by atoms with Gasteiger partial charge >= 0.3 is 0 Å². The summed E-state index contributed by atoms with van der Waals surface area (Å²) in [5, 5.41) is 12.1. The second-order valence-electron chi connectivity index (χ2n) is 7.99. The van der Waals surface area contributed by atoms with Crippen LogP contribution in [0, 0.1) is 5.41 Å². The minimum atomic E-state index is -0.0966. The number of piperidine rings is 1. The molecule has 5 nitrogen and oxygen atoms in total. The number of aromatic nitrogens is 1. The average molecular weight is 422 g/mol. The highest BCUT2D eigenvalue weighted by molar-refractivity contribution is 7.15. The van der Waals surface area contributed by atoms with Crippen LogP contribution in [-0.2, 0) is 17.7 Å². The van der Waals surface area contributed by atoms with Gasteiger partial charge in [-0.3, -0.25) is 4.90 Å². The first-order valence-corrected chi connectivity index (χ1v) is 11.2. The Kier molecular flexibility index (Phi) is 6.53. The van der Waals surface area contributed by atoms with Crippen LogP contribution >= 0.6 is 22.9 Å². The zero-order chi connectivity index (χ0) is 19.4. The Morgan fingerprint density at radius 2 is 2.11 bits per heavy atom. The summed E-state index contributed by atoms with van der Waals surface area (Å²) in [5.41, 5.74) is 1.11. The highest BCUT2D eigenvalue weighted by Gasteiger charge is 2.35. The molecular weight excluding hydrogens is 394 g/mol. The van der Waals surface area contributed by atoms with Crippen LogP contribution in [0.25, 0.3) is 0 Å². The van der Waals surface area contributed by atoms with E-state index in [2.05, 4.69) is 20.9 Å². The fourth-order valence-electron chi connectivity index (χ4n) is 4.35. The van der Waals surface area contributed by atoms with Crippen molar-refractivity contribution in [3.8, 4) is 0 Å². The molecule has 2 aliphatic heterocycles. The zero-order valence-corrected chi connectivity index (χ0v) is 17.7. The average Bonchev–Trinajstić information content (AvgIpc) is 3.17. The van der Waals surface area contributed by atoms with Crippen molar-refractivity contribution in [1.82, 2.24) is 9.88 Å². The summed E-state index contributed by atoms with van der Waals surface area (Å²) >= 11 is 7.95. The van der Waals surface area contributed by atoms with Crippen molar-refractivity contribution in [1.29, 1.82) is 0 Å². The van der Waals surface area contributed by atoms with E-state index >= 15 is 0 Å². The van der Waals surface area contributed by atoms with Crippen LogP contribution in [0.5, 0.6) is 0 Å². The van der Waals surface area contributed by atoms with Gasteiger partial charge in [-0.15, -0.1) is 11.3 Å². The quantitative estimate of drug-likeness (QED) is 0.774. The van der Waals surface area contributed by atoms with Gasteiger partial charge < -0.3 is 14.7 Å². The number of aliphatic hydroxyl groups excluding tert-OH is 1. The summed E-state index contributed by atoms with van der Waals surface area (Å²) < 4.78 is 5.44. The van der Waals surface area contributed by atoms with Crippen molar-refractivity contribution in [2.45, 2.75) is 25.8 Å². The van der Waals surface area contributed by atoms with Crippen molar-refractivity contribution < 1.29 is 9.84 Å². The van der Waals surface area contributed by atoms with Crippen molar-refractivity contribution in [2.75, 3.05) is 50.9 Å². The lowest BCUT2D eigenvalue weighted by Gasteiger charge is -2.42. The van der Waals surface area contributed by atoms with Gasteiger partial charge in [0.25, 0.3) is 0 Å². The van der Waals surface area contributed by atoms with Gasteiger partial charge in [-0.25, -0.2) is 4.98 Å². The van der Waals surface area contributed by atoms with Gasteiger partial charge in [-0.05, 0) is 43.5 Å². The second-order valence-corrected chi connectivity index (χ2v) is 9.52. The van der Waals surface area contributed by atoms with E-state index in [1.165, 1.54) is 10.4 Å². The van der Waals surface area contributed by atoms with Gasteiger partial charge in [0.05, 0.1) is 19.8 Å². The molecule has 0 amide bonds. The summed E-state index contributed by atoms with van der Waals surface area (Å²) in [4.78, 5) is 10.7. The molecule has 7 heteroatoms. The molecule has 1 aromatic carbocycles. The summed E-state index contributed by atoms with van der Waals surface area (Å²) in [6.45, 7) is 6.49. The summed E-state index contributed by atoms with van der Waals surface area (Å²) in [6, 6.07) is 8.03. The Morgan fingerprint density at radius 3 is 2.89 bits per heavy atom. The number of anilines is 1. The van der Waals surface area contributed by atoms with Gasteiger partial charge in [-0.2, -0.15) is 0 Å². The molecule has 0 radical (unpaired) electrons. The van der Waals surface area contributed by atoms with E-state index < -0.39 is 0 Å². The molecule has 0 saturated carbocycles. The molecule has 1 atom stereocenters. The zero-order valence-electron chi connectivity index (χ0n) is 16.1. The maximum absolute atomic E-state index is 10.2. The van der Waals surface area contributed by atoms with E-state index in [1.54, 1.807) is 11.3 Å². The van der Waals surface area contributed by atoms with Crippen LogP contribution in [0.1, 0.15) is 23.3 Å². The Hall–Kier alpha value is -1.18. The molecule has 2 aromatic rings. The lowest BCUT2D eigenvalue weighted by molar-refractivity contribution is 0.0292. The van der Waals surface area contributed by atoms with Crippen LogP contribution in [0.15, 0.2) is 30.5 Å². The molecule has 2 saturated heterocycles. The van der Waals surface area contributed by atoms with E-state index in [4.69, 9.17) is 16.3 Å². The molecule has 4 rings (SSSR count). The number of rotatable bonds is 6. The van der Waals surface area contributed by atoms with E-state index in [9.17, 15) is 5.11 Å². The molecule has 1 aromatic heterocycles. The van der Waals surface area contributed by atoms with Crippen LogP contribution in [0.3, 0.4) is 0 Å². The van der Waals surface area contributed by atoms with Gasteiger partial charge in [0.2, 0.25) is 0 Å². The first-order valence-electron chi connectivity index (χ1n) is 10.0.